The molecule has 1 atom stereocenters. The van der Waals surface area contributed by atoms with Crippen LogP contribution in [0.1, 0.15) is 28.5 Å². The molecular formula is C24H24N4O4. The van der Waals surface area contributed by atoms with E-state index >= 15 is 0 Å². The highest BCUT2D eigenvalue weighted by Crippen LogP contribution is 2.45. The number of H-pyrrole nitrogens is 1. The number of benzene rings is 2. The number of fused-ring (bicyclic) bond motifs is 5. The summed E-state index contributed by atoms with van der Waals surface area (Å²) >= 11 is 0. The molecule has 1 fully saturated rings. The number of carbonyl (C=O) groups excluding carboxylic acids is 3. The van der Waals surface area contributed by atoms with Gasteiger partial charge in [-0.15, -0.1) is 0 Å². The number of para-hydroxylation sites is 1. The Balaban J connectivity index is 1.52. The lowest BCUT2D eigenvalue weighted by molar-refractivity contribution is -0.125. The highest BCUT2D eigenvalue weighted by atomic mass is 16.5. The van der Waals surface area contributed by atoms with Gasteiger partial charge in [-0.25, -0.2) is 9.69 Å². The van der Waals surface area contributed by atoms with Crippen LogP contribution in [-0.4, -0.2) is 54.5 Å². The number of nitrogens with one attached hydrogen (secondary N) is 2. The molecule has 8 nitrogen and oxygen atoms in total. The summed E-state index contributed by atoms with van der Waals surface area (Å²) in [6.07, 6.45) is 0.670. The fourth-order valence-corrected chi connectivity index (χ4v) is 4.77. The molecule has 4 amide bonds. The summed E-state index contributed by atoms with van der Waals surface area (Å²) in [5.74, 6) is -0.614. The molecule has 3 heterocycles. The van der Waals surface area contributed by atoms with Gasteiger partial charge in [0.1, 0.15) is 0 Å². The van der Waals surface area contributed by atoms with E-state index in [0.717, 1.165) is 22.2 Å². The molecule has 5 rings (SSSR count). The van der Waals surface area contributed by atoms with Gasteiger partial charge in [0.05, 0.1) is 18.0 Å². The Morgan fingerprint density at radius 3 is 2.81 bits per heavy atom. The molecule has 0 unspecified atom stereocenters. The van der Waals surface area contributed by atoms with Gasteiger partial charge in [-0.3, -0.25) is 9.59 Å². The van der Waals surface area contributed by atoms with E-state index in [2.05, 4.69) is 10.3 Å². The lowest BCUT2D eigenvalue weighted by Crippen LogP contribution is -2.49. The van der Waals surface area contributed by atoms with Crippen molar-refractivity contribution in [2.24, 2.45) is 0 Å². The third-order valence-electron chi connectivity index (χ3n) is 6.43. The summed E-state index contributed by atoms with van der Waals surface area (Å²) in [7, 11) is 1.56. The fraction of sp³-hybridized carbons (Fsp3) is 0.292. The van der Waals surface area contributed by atoms with E-state index in [0.29, 0.717) is 37.4 Å². The molecule has 2 N–H and O–H groups in total. The minimum Gasteiger partial charge on any atom is -0.383 e. The largest absolute Gasteiger partial charge is 0.383 e. The number of aromatic nitrogens is 1. The van der Waals surface area contributed by atoms with Gasteiger partial charge in [-0.2, -0.15) is 0 Å². The van der Waals surface area contributed by atoms with E-state index in [-0.39, 0.29) is 17.8 Å². The van der Waals surface area contributed by atoms with Gasteiger partial charge in [0, 0.05) is 36.7 Å². The molecule has 8 heteroatoms. The number of hydrogen-bond acceptors (Lipinski definition) is 4. The molecule has 3 aromatic rings. The molecule has 0 saturated carbocycles. The average molecular weight is 432 g/mol. The Labute approximate surface area is 185 Å². The lowest BCUT2D eigenvalue weighted by atomic mass is 9.87. The van der Waals surface area contributed by atoms with E-state index in [1.807, 2.05) is 24.3 Å². The van der Waals surface area contributed by atoms with Crippen molar-refractivity contribution in [1.82, 2.24) is 15.2 Å². The average Bonchev–Trinajstić information content (AvgIpc) is 3.28. The van der Waals surface area contributed by atoms with Crippen LogP contribution in [0.15, 0.2) is 48.5 Å². The number of methoxy groups -OCH3 is 1. The highest BCUT2D eigenvalue weighted by Gasteiger charge is 2.59. The number of aromatic amines is 1. The van der Waals surface area contributed by atoms with E-state index in [1.165, 1.54) is 4.90 Å². The Morgan fingerprint density at radius 2 is 2.00 bits per heavy atom. The van der Waals surface area contributed by atoms with Crippen LogP contribution >= 0.6 is 0 Å². The number of rotatable bonds is 5. The molecule has 1 saturated heterocycles. The molecule has 164 valence electrons. The van der Waals surface area contributed by atoms with Crippen molar-refractivity contribution >= 4 is 34.4 Å². The quantitative estimate of drug-likeness (QED) is 0.479. The van der Waals surface area contributed by atoms with E-state index in [9.17, 15) is 14.4 Å². The van der Waals surface area contributed by atoms with Crippen molar-refractivity contribution in [2.45, 2.75) is 18.9 Å². The first-order valence-electron chi connectivity index (χ1n) is 10.6. The Morgan fingerprint density at radius 1 is 1.19 bits per heavy atom. The molecule has 2 aliphatic rings. The minimum absolute atomic E-state index is 0.287. The maximum absolute atomic E-state index is 13.7. The van der Waals surface area contributed by atoms with Crippen molar-refractivity contribution in [2.75, 3.05) is 31.7 Å². The number of imide groups is 1. The number of nitrogens with zero attached hydrogens (tertiary/aromatic N) is 2. The normalized spacial score (nSPS) is 19.9. The molecule has 2 aliphatic heterocycles. The van der Waals surface area contributed by atoms with Crippen LogP contribution in [0.5, 0.6) is 0 Å². The summed E-state index contributed by atoms with van der Waals surface area (Å²) in [5, 5.41) is 3.84. The van der Waals surface area contributed by atoms with Crippen LogP contribution in [0.3, 0.4) is 0 Å². The highest BCUT2D eigenvalue weighted by molar-refractivity contribution is 6.24. The zero-order chi connectivity index (χ0) is 22.5. The second-order valence-corrected chi connectivity index (χ2v) is 8.22. The number of carbonyl (C=O) groups is 3. The topological polar surface area (TPSA) is 94.7 Å². The van der Waals surface area contributed by atoms with Crippen molar-refractivity contribution in [3.8, 4) is 0 Å². The second-order valence-electron chi connectivity index (χ2n) is 8.22. The summed E-state index contributed by atoms with van der Waals surface area (Å²) in [5.41, 5.74) is 2.43. The van der Waals surface area contributed by atoms with Gasteiger partial charge in [0.2, 0.25) is 0 Å². The van der Waals surface area contributed by atoms with E-state index < -0.39 is 5.54 Å². The van der Waals surface area contributed by atoms with Gasteiger partial charge >= 0.3 is 6.03 Å². The summed E-state index contributed by atoms with van der Waals surface area (Å²) in [6.45, 7) is 3.01. The summed E-state index contributed by atoms with van der Waals surface area (Å²) < 4.78 is 4.96. The van der Waals surface area contributed by atoms with Gasteiger partial charge < -0.3 is 19.9 Å². The monoisotopic (exact) mass is 432 g/mol. The zero-order valence-electron chi connectivity index (χ0n) is 18.0. The van der Waals surface area contributed by atoms with Crippen LogP contribution in [0, 0.1) is 0 Å². The first-order chi connectivity index (χ1) is 15.5. The predicted octanol–water partition coefficient (Wildman–Crippen LogP) is 2.78. The SMILES string of the molecule is COCCNC(=O)c1cccc(N2C(=O)N3CCc4c([nH]c5ccccc45)[C@@]3(C)C2=O)c1. The number of anilines is 1. The first-order valence-corrected chi connectivity index (χ1v) is 10.6. The first kappa shape index (κ1) is 20.3. The third kappa shape index (κ3) is 2.83. The van der Waals surface area contributed by atoms with Crippen LogP contribution in [-0.2, 0) is 21.5 Å². The summed E-state index contributed by atoms with van der Waals surface area (Å²) in [4.78, 5) is 45.8. The van der Waals surface area contributed by atoms with Crippen molar-refractivity contribution in [3.05, 3.63) is 65.4 Å². The number of urea groups is 1. The standard InChI is InChI=1S/C24H24N4O4/c1-24-20-18(17-8-3-4-9-19(17)26-20)10-12-27(24)23(31)28(22(24)30)16-7-5-6-15(14-16)21(29)25-11-13-32-2/h3-9,14,26H,10-13H2,1-2H3,(H,25,29)/t24-/m0/s1. The van der Waals surface area contributed by atoms with Crippen molar-refractivity contribution in [3.63, 3.8) is 0 Å². The molecule has 1 aromatic heterocycles. The predicted molar refractivity (Wildman–Crippen MR) is 120 cm³/mol. The van der Waals surface area contributed by atoms with E-state index in [1.54, 1.807) is 43.2 Å². The fourth-order valence-electron chi connectivity index (χ4n) is 4.77. The van der Waals surface area contributed by atoms with Crippen molar-refractivity contribution < 1.29 is 19.1 Å². The minimum atomic E-state index is -1.12. The van der Waals surface area contributed by atoms with Gasteiger partial charge in [0.15, 0.2) is 5.54 Å². The van der Waals surface area contributed by atoms with Crippen LogP contribution in [0.2, 0.25) is 0 Å². The smallest absolute Gasteiger partial charge is 0.332 e. The van der Waals surface area contributed by atoms with Crippen molar-refractivity contribution in [1.29, 1.82) is 0 Å². The maximum Gasteiger partial charge on any atom is 0.332 e. The summed E-state index contributed by atoms with van der Waals surface area (Å²) in [6, 6.07) is 14.1. The number of amides is 4. The Hall–Kier alpha value is -3.65. The Bertz CT molecular complexity index is 1250. The lowest BCUT2D eigenvalue weighted by Gasteiger charge is -2.35. The molecule has 2 aromatic carbocycles. The number of ether oxygens (including phenoxy) is 1. The van der Waals surface area contributed by atoms with Gasteiger partial charge in [-0.1, -0.05) is 24.3 Å². The molecule has 0 aliphatic carbocycles. The number of hydrogen-bond donors (Lipinski definition) is 2. The van der Waals surface area contributed by atoms with Gasteiger partial charge in [-0.05, 0) is 43.2 Å². The zero-order valence-corrected chi connectivity index (χ0v) is 18.0. The van der Waals surface area contributed by atoms with Crippen LogP contribution < -0.4 is 10.2 Å². The Kier molecular flexibility index (Phi) is 4.74. The molecule has 32 heavy (non-hydrogen) atoms. The second kappa shape index (κ2) is 7.49. The van der Waals surface area contributed by atoms with Crippen LogP contribution in [0.25, 0.3) is 10.9 Å². The third-order valence-corrected chi connectivity index (χ3v) is 6.43. The van der Waals surface area contributed by atoms with Crippen LogP contribution in [0.4, 0.5) is 10.5 Å². The molecule has 0 bridgehead atoms. The molecule has 0 spiro atoms. The molecule has 0 radical (unpaired) electrons. The molecular weight excluding hydrogens is 408 g/mol. The van der Waals surface area contributed by atoms with E-state index in [4.69, 9.17) is 4.74 Å². The van der Waals surface area contributed by atoms with Gasteiger partial charge in [0.25, 0.3) is 11.8 Å². The maximum atomic E-state index is 13.7.